The van der Waals surface area contributed by atoms with Gasteiger partial charge >= 0.3 is 6.03 Å². The maximum atomic E-state index is 13.8. The van der Waals surface area contributed by atoms with Crippen molar-refractivity contribution in [3.8, 4) is 11.5 Å². The number of non-ortho nitro benzene ring substituents is 1. The highest BCUT2D eigenvalue weighted by Gasteiger charge is 2.35. The molecule has 3 aromatic rings. The van der Waals surface area contributed by atoms with E-state index in [1.54, 1.807) is 24.3 Å². The van der Waals surface area contributed by atoms with Gasteiger partial charge in [-0.05, 0) is 41.5 Å². The maximum absolute atomic E-state index is 13.8. The first-order valence-electron chi connectivity index (χ1n) is 11.3. The van der Waals surface area contributed by atoms with Crippen LogP contribution in [0.25, 0.3) is 6.08 Å². The molecule has 0 aromatic heterocycles. The number of ether oxygens (including phenoxy) is 2. The van der Waals surface area contributed by atoms with E-state index in [4.69, 9.17) is 9.47 Å². The Hall–Kier alpha value is -4.78. The number of imide groups is 1. The van der Waals surface area contributed by atoms with E-state index in [1.165, 1.54) is 49.6 Å². The highest BCUT2D eigenvalue weighted by atomic mass is 79.9. The number of carbonyl (C=O) groups is 3. The summed E-state index contributed by atoms with van der Waals surface area (Å²) in [5.41, 5.74) is 0.803. The Balaban J connectivity index is 1.48. The van der Waals surface area contributed by atoms with Crippen LogP contribution < -0.4 is 20.1 Å². The maximum Gasteiger partial charge on any atom is 0.329 e. The van der Waals surface area contributed by atoms with E-state index in [1.807, 2.05) is 0 Å². The van der Waals surface area contributed by atoms with Crippen LogP contribution in [0.3, 0.4) is 0 Å². The third-order valence-electron chi connectivity index (χ3n) is 5.51. The second-order valence-corrected chi connectivity index (χ2v) is 9.00. The van der Waals surface area contributed by atoms with Crippen molar-refractivity contribution in [2.24, 2.45) is 0 Å². The fourth-order valence-corrected chi connectivity index (χ4v) is 4.06. The third kappa shape index (κ3) is 6.38. The first kappa shape index (κ1) is 27.3. The number of amides is 4. The highest BCUT2D eigenvalue weighted by molar-refractivity contribution is 9.10. The summed E-state index contributed by atoms with van der Waals surface area (Å²) < 4.78 is 25.5. The molecule has 200 valence electrons. The number of hydrogen-bond donors (Lipinski definition) is 2. The number of nitrogens with one attached hydrogen (secondary N) is 2. The first-order valence-corrected chi connectivity index (χ1v) is 12.1. The number of rotatable bonds is 9. The number of nitro groups is 1. The van der Waals surface area contributed by atoms with E-state index in [9.17, 15) is 28.9 Å². The van der Waals surface area contributed by atoms with Gasteiger partial charge in [-0.1, -0.05) is 40.2 Å². The van der Waals surface area contributed by atoms with Crippen LogP contribution in [0.5, 0.6) is 11.5 Å². The molecule has 1 aliphatic rings. The molecular formula is C26H20BrFN4O7. The van der Waals surface area contributed by atoms with Crippen LogP contribution in [0.1, 0.15) is 11.1 Å². The van der Waals surface area contributed by atoms with E-state index in [0.717, 1.165) is 0 Å². The van der Waals surface area contributed by atoms with Gasteiger partial charge < -0.3 is 20.1 Å². The topological polar surface area (TPSA) is 140 Å². The Kier molecular flexibility index (Phi) is 8.20. The van der Waals surface area contributed by atoms with E-state index in [2.05, 4.69) is 26.6 Å². The van der Waals surface area contributed by atoms with Gasteiger partial charge in [0.15, 0.2) is 11.5 Å². The Morgan fingerprint density at radius 2 is 1.92 bits per heavy atom. The summed E-state index contributed by atoms with van der Waals surface area (Å²) in [7, 11) is 1.42. The zero-order chi connectivity index (χ0) is 28.1. The monoisotopic (exact) mass is 598 g/mol. The zero-order valence-corrected chi connectivity index (χ0v) is 21.9. The molecule has 3 aromatic carbocycles. The number of halogens is 2. The number of hydrogen-bond acceptors (Lipinski definition) is 7. The molecule has 1 aliphatic heterocycles. The molecule has 11 nitrogen and oxygen atoms in total. The molecule has 39 heavy (non-hydrogen) atoms. The molecule has 1 saturated heterocycles. The van der Waals surface area contributed by atoms with Crippen LogP contribution >= 0.6 is 15.9 Å². The molecule has 0 atom stereocenters. The molecular weight excluding hydrogens is 579 g/mol. The van der Waals surface area contributed by atoms with Crippen LogP contribution in [0.2, 0.25) is 0 Å². The van der Waals surface area contributed by atoms with Gasteiger partial charge in [0, 0.05) is 16.6 Å². The lowest BCUT2D eigenvalue weighted by atomic mass is 10.1. The van der Waals surface area contributed by atoms with Gasteiger partial charge in [-0.2, -0.15) is 0 Å². The minimum Gasteiger partial charge on any atom is -0.493 e. The van der Waals surface area contributed by atoms with Crippen molar-refractivity contribution in [2.75, 3.05) is 19.0 Å². The molecule has 13 heteroatoms. The molecule has 0 unspecified atom stereocenters. The Morgan fingerprint density at radius 1 is 1.15 bits per heavy atom. The SMILES string of the molecule is COc1cc(/C=C2/NC(=O)N(CC(=O)Nc3ccccc3F)C2=O)c(Br)cc1OCc1cccc([N+](=O)[O-])c1. The normalized spacial score (nSPS) is 13.8. The van der Waals surface area contributed by atoms with Crippen LogP contribution in [-0.4, -0.2) is 41.3 Å². The highest BCUT2D eigenvalue weighted by Crippen LogP contribution is 2.35. The van der Waals surface area contributed by atoms with E-state index >= 15 is 0 Å². The average Bonchev–Trinajstić information content (AvgIpc) is 3.17. The fraction of sp³-hybridized carbons (Fsp3) is 0.115. The van der Waals surface area contributed by atoms with Crippen LogP contribution in [-0.2, 0) is 16.2 Å². The predicted molar refractivity (Wildman–Crippen MR) is 141 cm³/mol. The molecule has 0 bridgehead atoms. The number of para-hydroxylation sites is 1. The van der Waals surface area contributed by atoms with Gasteiger partial charge in [-0.3, -0.25) is 19.7 Å². The van der Waals surface area contributed by atoms with Crippen molar-refractivity contribution in [2.45, 2.75) is 6.61 Å². The van der Waals surface area contributed by atoms with Crippen molar-refractivity contribution in [1.82, 2.24) is 10.2 Å². The van der Waals surface area contributed by atoms with E-state index in [0.29, 0.717) is 32.0 Å². The summed E-state index contributed by atoms with van der Waals surface area (Å²) in [4.78, 5) is 48.8. The number of methoxy groups -OCH3 is 1. The van der Waals surface area contributed by atoms with Crippen molar-refractivity contribution in [1.29, 1.82) is 0 Å². The molecule has 1 heterocycles. The summed E-state index contributed by atoms with van der Waals surface area (Å²) in [6.45, 7) is -0.589. The lowest BCUT2D eigenvalue weighted by Crippen LogP contribution is -2.38. The number of benzene rings is 3. The predicted octanol–water partition coefficient (Wildman–Crippen LogP) is 4.62. The number of anilines is 1. The smallest absolute Gasteiger partial charge is 0.329 e. The molecule has 0 saturated carbocycles. The van der Waals surface area contributed by atoms with Crippen molar-refractivity contribution < 1.29 is 33.2 Å². The van der Waals surface area contributed by atoms with Crippen molar-refractivity contribution in [3.05, 3.63) is 97.9 Å². The number of urea groups is 1. The van der Waals surface area contributed by atoms with Gasteiger partial charge in [0.1, 0.15) is 24.7 Å². The molecule has 4 rings (SSSR count). The fourth-order valence-electron chi connectivity index (χ4n) is 3.62. The van der Waals surface area contributed by atoms with Crippen LogP contribution in [0, 0.1) is 15.9 Å². The van der Waals surface area contributed by atoms with E-state index < -0.39 is 35.1 Å². The lowest BCUT2D eigenvalue weighted by Gasteiger charge is -2.13. The molecule has 4 amide bonds. The minimum atomic E-state index is -0.810. The molecule has 0 radical (unpaired) electrons. The first-order chi connectivity index (χ1) is 18.7. The summed E-state index contributed by atoms with van der Waals surface area (Å²) in [5, 5.41) is 15.7. The number of carbonyl (C=O) groups excluding carboxylic acids is 3. The molecule has 0 spiro atoms. The second kappa shape index (κ2) is 11.7. The summed E-state index contributed by atoms with van der Waals surface area (Å²) in [6, 6.07) is 13.9. The Morgan fingerprint density at radius 3 is 2.64 bits per heavy atom. The minimum absolute atomic E-state index is 0.0311. The Bertz CT molecular complexity index is 1510. The van der Waals surface area contributed by atoms with Gasteiger partial charge in [-0.25, -0.2) is 14.1 Å². The third-order valence-corrected chi connectivity index (χ3v) is 6.20. The Labute approximate surface area is 229 Å². The summed E-state index contributed by atoms with van der Waals surface area (Å²) in [5.74, 6) is -1.53. The summed E-state index contributed by atoms with van der Waals surface area (Å²) in [6.07, 6.45) is 1.39. The standard InChI is InChI=1S/C26H20BrFN4O7/c1-38-22-11-16(18(27)12-23(22)39-14-15-5-4-6-17(9-15)32(36)37)10-21-25(34)31(26(35)30-21)13-24(33)29-20-8-3-2-7-19(20)28/h2-12H,13-14H2,1H3,(H,29,33)(H,30,35)/b21-10+. The quantitative estimate of drug-likeness (QED) is 0.158. The van der Waals surface area contributed by atoms with Crippen molar-refractivity contribution >= 4 is 51.2 Å². The van der Waals surface area contributed by atoms with Gasteiger partial charge in [0.05, 0.1) is 17.7 Å². The largest absolute Gasteiger partial charge is 0.493 e. The van der Waals surface area contributed by atoms with Crippen molar-refractivity contribution in [3.63, 3.8) is 0 Å². The van der Waals surface area contributed by atoms with Crippen LogP contribution in [0.15, 0.2) is 70.8 Å². The zero-order valence-electron chi connectivity index (χ0n) is 20.3. The van der Waals surface area contributed by atoms with Gasteiger partial charge in [0.2, 0.25) is 5.91 Å². The molecule has 0 aliphatic carbocycles. The molecule has 1 fully saturated rings. The van der Waals surface area contributed by atoms with Gasteiger partial charge in [-0.15, -0.1) is 0 Å². The number of nitrogens with zero attached hydrogens (tertiary/aromatic N) is 2. The molecule has 2 N–H and O–H groups in total. The van der Waals surface area contributed by atoms with Gasteiger partial charge in [0.25, 0.3) is 11.6 Å². The second-order valence-electron chi connectivity index (χ2n) is 8.15. The average molecular weight is 599 g/mol. The summed E-state index contributed by atoms with van der Waals surface area (Å²) >= 11 is 3.40. The van der Waals surface area contributed by atoms with Crippen LogP contribution in [0.4, 0.5) is 20.6 Å². The van der Waals surface area contributed by atoms with E-state index in [-0.39, 0.29) is 23.7 Å². The number of nitro benzene ring substituents is 1. The lowest BCUT2D eigenvalue weighted by molar-refractivity contribution is -0.384.